The molecule has 4 heterocycles. The highest BCUT2D eigenvalue weighted by Gasteiger charge is 2.45. The zero-order chi connectivity index (χ0) is 24.0. The van der Waals surface area contributed by atoms with Crippen molar-refractivity contribution < 1.29 is 8.42 Å². The van der Waals surface area contributed by atoms with E-state index in [4.69, 9.17) is 4.98 Å². The Morgan fingerprint density at radius 2 is 1.79 bits per heavy atom. The van der Waals surface area contributed by atoms with Crippen LogP contribution in [0.5, 0.6) is 0 Å². The third-order valence-corrected chi connectivity index (χ3v) is 8.44. The molecule has 1 aliphatic heterocycles. The second kappa shape index (κ2) is 8.54. The van der Waals surface area contributed by atoms with Gasteiger partial charge in [-0.2, -0.15) is 9.82 Å². The molecule has 1 saturated carbocycles. The summed E-state index contributed by atoms with van der Waals surface area (Å²) in [6, 6.07) is 3.63. The van der Waals surface area contributed by atoms with Gasteiger partial charge in [-0.3, -0.25) is 4.90 Å². The highest BCUT2D eigenvalue weighted by atomic mass is 32.2. The second-order valence-corrected chi connectivity index (χ2v) is 11.8. The van der Waals surface area contributed by atoms with Gasteiger partial charge in [0.05, 0.1) is 11.7 Å². The summed E-state index contributed by atoms with van der Waals surface area (Å²) in [5, 5.41) is 4.26. The summed E-state index contributed by atoms with van der Waals surface area (Å²) in [5.74, 6) is 1.27. The van der Waals surface area contributed by atoms with E-state index >= 15 is 0 Å². The maximum absolute atomic E-state index is 13.5. The first-order chi connectivity index (χ1) is 16.2. The predicted molar refractivity (Wildman–Crippen MR) is 129 cm³/mol. The Morgan fingerprint density at radius 3 is 2.47 bits per heavy atom. The van der Waals surface area contributed by atoms with Crippen molar-refractivity contribution in [2.75, 3.05) is 31.1 Å². The van der Waals surface area contributed by atoms with Gasteiger partial charge >= 0.3 is 0 Å². The topological polar surface area (TPSA) is 109 Å². The van der Waals surface area contributed by atoms with Crippen molar-refractivity contribution in [1.82, 2.24) is 34.2 Å². The predicted octanol–water partition coefficient (Wildman–Crippen LogP) is 2.19. The fourth-order valence-electron chi connectivity index (χ4n) is 4.78. The molecule has 11 heteroatoms. The number of hydrogen-bond acceptors (Lipinski definition) is 8. The Kier molecular flexibility index (Phi) is 5.81. The number of nitrogens with zero attached hydrogens (tertiary/aromatic N) is 7. The first-order valence-corrected chi connectivity index (χ1v) is 13.3. The standard InChI is InChI=1S/C23H32N8O2S/c1-22(2,3)30-13-6-12-29(15-16-30)19-7-14-31-20(27-19)18(17-26-31)34(32,33)28-23(8-4-9-23)21-24-10-5-11-25-21/h5,7,10-11,14,17,28H,4,6,8-9,12-13,15-16H2,1-3H3. The molecule has 0 amide bonds. The minimum absolute atomic E-state index is 0.0719. The van der Waals surface area contributed by atoms with E-state index in [0.717, 1.165) is 44.8 Å². The lowest BCUT2D eigenvalue weighted by Crippen LogP contribution is -2.51. The van der Waals surface area contributed by atoms with E-state index in [2.05, 4.69) is 50.4 Å². The lowest BCUT2D eigenvalue weighted by molar-refractivity contribution is 0.148. The van der Waals surface area contributed by atoms with E-state index in [9.17, 15) is 8.42 Å². The molecule has 1 aliphatic carbocycles. The third kappa shape index (κ3) is 4.27. The number of rotatable bonds is 5. The van der Waals surface area contributed by atoms with Crippen LogP contribution < -0.4 is 9.62 Å². The number of anilines is 1. The van der Waals surface area contributed by atoms with Gasteiger partial charge in [0.25, 0.3) is 0 Å². The molecule has 3 aromatic heterocycles. The van der Waals surface area contributed by atoms with Crippen molar-refractivity contribution >= 4 is 21.5 Å². The van der Waals surface area contributed by atoms with Gasteiger partial charge in [0.2, 0.25) is 10.0 Å². The minimum Gasteiger partial charge on any atom is -0.355 e. The number of aromatic nitrogens is 5. The van der Waals surface area contributed by atoms with Gasteiger partial charge in [-0.05, 0) is 58.6 Å². The van der Waals surface area contributed by atoms with E-state index in [0.29, 0.717) is 24.3 Å². The van der Waals surface area contributed by atoms with Crippen LogP contribution in [-0.4, -0.2) is 69.6 Å². The smallest absolute Gasteiger partial charge is 0.246 e. The van der Waals surface area contributed by atoms with Crippen LogP contribution >= 0.6 is 0 Å². The number of hydrogen-bond donors (Lipinski definition) is 1. The third-order valence-electron chi connectivity index (χ3n) is 6.91. The maximum Gasteiger partial charge on any atom is 0.246 e. The van der Waals surface area contributed by atoms with Gasteiger partial charge in [-0.15, -0.1) is 0 Å². The molecule has 1 N–H and O–H groups in total. The first kappa shape index (κ1) is 23.1. The van der Waals surface area contributed by atoms with Crippen LogP contribution in [0.1, 0.15) is 52.3 Å². The average Bonchev–Trinajstić information content (AvgIpc) is 3.04. The van der Waals surface area contributed by atoms with Crippen LogP contribution in [0.3, 0.4) is 0 Å². The highest BCUT2D eigenvalue weighted by Crippen LogP contribution is 2.40. The van der Waals surface area contributed by atoms with E-state index in [1.165, 1.54) is 10.7 Å². The highest BCUT2D eigenvalue weighted by molar-refractivity contribution is 7.89. The molecule has 2 fully saturated rings. The fourth-order valence-corrected chi connectivity index (χ4v) is 6.27. The molecule has 2 aliphatic rings. The normalized spacial score (nSPS) is 19.7. The summed E-state index contributed by atoms with van der Waals surface area (Å²) in [6.45, 7) is 10.4. The van der Waals surface area contributed by atoms with E-state index in [-0.39, 0.29) is 10.4 Å². The maximum atomic E-state index is 13.5. The van der Waals surface area contributed by atoms with Crippen molar-refractivity contribution in [3.05, 3.63) is 42.7 Å². The Hall–Kier alpha value is -2.63. The summed E-state index contributed by atoms with van der Waals surface area (Å²) in [4.78, 5) is 18.2. The summed E-state index contributed by atoms with van der Waals surface area (Å²) >= 11 is 0. The molecule has 0 unspecified atom stereocenters. The average molecular weight is 485 g/mol. The van der Waals surface area contributed by atoms with Crippen LogP contribution in [-0.2, 0) is 15.6 Å². The van der Waals surface area contributed by atoms with Gasteiger partial charge in [0.15, 0.2) is 5.65 Å². The molecule has 0 aromatic carbocycles. The largest absolute Gasteiger partial charge is 0.355 e. The summed E-state index contributed by atoms with van der Waals surface area (Å²) in [6.07, 6.45) is 9.69. The second-order valence-electron chi connectivity index (χ2n) is 10.2. The van der Waals surface area contributed by atoms with Gasteiger partial charge in [-0.1, -0.05) is 0 Å². The van der Waals surface area contributed by atoms with E-state index < -0.39 is 15.6 Å². The molecule has 0 atom stereocenters. The molecule has 10 nitrogen and oxygen atoms in total. The van der Waals surface area contributed by atoms with E-state index in [1.807, 2.05) is 6.07 Å². The quantitative estimate of drug-likeness (QED) is 0.587. The van der Waals surface area contributed by atoms with Crippen LogP contribution in [0.25, 0.3) is 5.65 Å². The zero-order valence-corrected chi connectivity index (χ0v) is 20.8. The van der Waals surface area contributed by atoms with Gasteiger partial charge in [0, 0.05) is 50.3 Å². The van der Waals surface area contributed by atoms with Crippen molar-refractivity contribution in [2.45, 2.75) is 62.4 Å². The number of nitrogens with one attached hydrogen (secondary N) is 1. The molecule has 182 valence electrons. The van der Waals surface area contributed by atoms with Crippen LogP contribution in [0.4, 0.5) is 5.82 Å². The summed E-state index contributed by atoms with van der Waals surface area (Å²) in [7, 11) is -3.90. The SMILES string of the molecule is CC(C)(C)N1CCCN(c2ccn3ncc(S(=O)(=O)NC4(c5ncccn5)CCC4)c3n2)CC1. The number of fused-ring (bicyclic) bond motifs is 1. The first-order valence-electron chi connectivity index (χ1n) is 11.8. The van der Waals surface area contributed by atoms with Gasteiger partial charge in [0.1, 0.15) is 16.5 Å². The summed E-state index contributed by atoms with van der Waals surface area (Å²) < 4.78 is 31.4. The molecular weight excluding hydrogens is 452 g/mol. The molecule has 3 aromatic rings. The molecule has 1 saturated heterocycles. The number of sulfonamides is 1. The zero-order valence-electron chi connectivity index (χ0n) is 20.0. The van der Waals surface area contributed by atoms with Crippen LogP contribution in [0.2, 0.25) is 0 Å². The van der Waals surface area contributed by atoms with Gasteiger partial charge in [-0.25, -0.2) is 27.9 Å². The molecule has 0 radical (unpaired) electrons. The Bertz CT molecular complexity index is 1270. The van der Waals surface area contributed by atoms with Crippen molar-refractivity contribution in [3.8, 4) is 0 Å². The molecule has 0 spiro atoms. The fraction of sp³-hybridized carbons (Fsp3) is 0.565. The van der Waals surface area contributed by atoms with Crippen molar-refractivity contribution in [1.29, 1.82) is 0 Å². The van der Waals surface area contributed by atoms with Crippen LogP contribution in [0.15, 0.2) is 41.8 Å². The van der Waals surface area contributed by atoms with Crippen molar-refractivity contribution in [2.24, 2.45) is 0 Å². The minimum atomic E-state index is -3.90. The molecule has 5 rings (SSSR count). The summed E-state index contributed by atoms with van der Waals surface area (Å²) in [5.41, 5.74) is -0.343. The molecule has 34 heavy (non-hydrogen) atoms. The molecule has 0 bridgehead atoms. The Morgan fingerprint density at radius 1 is 1.03 bits per heavy atom. The lowest BCUT2D eigenvalue weighted by Gasteiger charge is -2.40. The van der Waals surface area contributed by atoms with Gasteiger partial charge < -0.3 is 4.90 Å². The molecular formula is C23H32N8O2S. The lowest BCUT2D eigenvalue weighted by atomic mass is 9.77. The van der Waals surface area contributed by atoms with Crippen molar-refractivity contribution in [3.63, 3.8) is 0 Å². The van der Waals surface area contributed by atoms with E-state index in [1.54, 1.807) is 24.7 Å². The van der Waals surface area contributed by atoms with Crippen LogP contribution in [0, 0.1) is 0 Å². The monoisotopic (exact) mass is 484 g/mol. The Balaban J connectivity index is 1.43. The Labute approximate surface area is 200 Å².